The highest BCUT2D eigenvalue weighted by atomic mass is 16.5. The molecule has 0 aliphatic heterocycles. The van der Waals surface area contributed by atoms with Gasteiger partial charge in [-0.15, -0.1) is 0 Å². The van der Waals surface area contributed by atoms with E-state index in [1.54, 1.807) is 0 Å². The Labute approximate surface area is 92.3 Å². The molecule has 2 heterocycles. The van der Waals surface area contributed by atoms with E-state index in [1.807, 2.05) is 6.92 Å². The lowest BCUT2D eigenvalue weighted by atomic mass is 10.4. The molecule has 84 valence electrons. The van der Waals surface area contributed by atoms with Crippen LogP contribution in [-0.4, -0.2) is 31.3 Å². The number of hydrogen-bond acceptors (Lipinski definition) is 6. The van der Waals surface area contributed by atoms with E-state index in [-0.39, 0.29) is 0 Å². The van der Waals surface area contributed by atoms with Crippen molar-refractivity contribution in [2.75, 3.05) is 12.3 Å². The largest absolute Gasteiger partial charge is 0.476 e. The first kappa shape index (κ1) is 10.3. The number of rotatable bonds is 4. The first-order chi connectivity index (χ1) is 7.83. The van der Waals surface area contributed by atoms with E-state index in [0.717, 1.165) is 6.42 Å². The number of hydrogen-bond donors (Lipinski definition) is 1. The molecule has 0 spiro atoms. The summed E-state index contributed by atoms with van der Waals surface area (Å²) in [7, 11) is 0. The summed E-state index contributed by atoms with van der Waals surface area (Å²) in [4.78, 5) is 11.8. The van der Waals surface area contributed by atoms with Crippen LogP contribution in [0, 0.1) is 0 Å². The highest BCUT2D eigenvalue weighted by molar-refractivity contribution is 5.59. The quantitative estimate of drug-likeness (QED) is 0.803. The van der Waals surface area contributed by atoms with Gasteiger partial charge in [0.05, 0.1) is 6.61 Å². The average Bonchev–Trinajstić information content (AvgIpc) is 2.81. The molecule has 0 saturated carbocycles. The van der Waals surface area contributed by atoms with Crippen LogP contribution in [0.1, 0.15) is 13.3 Å². The van der Waals surface area contributed by atoms with Gasteiger partial charge in [-0.1, -0.05) is 6.92 Å². The van der Waals surface area contributed by atoms with Crippen molar-refractivity contribution in [3.63, 3.8) is 0 Å². The third kappa shape index (κ3) is 1.92. The van der Waals surface area contributed by atoms with Gasteiger partial charge in [-0.25, -0.2) is 14.6 Å². The van der Waals surface area contributed by atoms with Crippen LogP contribution < -0.4 is 10.5 Å². The van der Waals surface area contributed by atoms with Crippen molar-refractivity contribution in [3.8, 4) is 11.7 Å². The minimum Gasteiger partial charge on any atom is -0.476 e. The summed E-state index contributed by atoms with van der Waals surface area (Å²) in [6.45, 7) is 2.58. The second kappa shape index (κ2) is 4.56. The summed E-state index contributed by atoms with van der Waals surface area (Å²) in [6, 6.07) is 0. The van der Waals surface area contributed by atoms with Gasteiger partial charge in [-0.05, 0) is 6.42 Å². The molecule has 0 saturated heterocycles. The summed E-state index contributed by atoms with van der Waals surface area (Å²) in [5.74, 6) is 0.848. The predicted octanol–water partition coefficient (Wildman–Crippen LogP) is 0.428. The van der Waals surface area contributed by atoms with E-state index in [0.29, 0.717) is 24.0 Å². The summed E-state index contributed by atoms with van der Waals surface area (Å²) in [5.41, 5.74) is 6.24. The number of anilines is 1. The van der Waals surface area contributed by atoms with Crippen LogP contribution >= 0.6 is 0 Å². The molecule has 2 aromatic rings. The van der Waals surface area contributed by atoms with Gasteiger partial charge >= 0.3 is 0 Å². The van der Waals surface area contributed by atoms with Crippen LogP contribution in [0.3, 0.4) is 0 Å². The van der Waals surface area contributed by atoms with Crippen molar-refractivity contribution >= 4 is 5.69 Å². The number of nitrogens with two attached hydrogens (primary N) is 1. The molecular formula is C9H12N6O. The molecule has 0 fully saturated rings. The Bertz CT molecular complexity index is 455. The lowest BCUT2D eigenvalue weighted by Crippen LogP contribution is -2.08. The van der Waals surface area contributed by atoms with Gasteiger partial charge in [0.15, 0.2) is 5.82 Å². The fourth-order valence-electron chi connectivity index (χ4n) is 1.18. The van der Waals surface area contributed by atoms with Crippen LogP contribution in [0.15, 0.2) is 19.0 Å². The summed E-state index contributed by atoms with van der Waals surface area (Å²) in [5, 5.41) is 3.95. The minimum absolute atomic E-state index is 0.362. The van der Waals surface area contributed by atoms with Gasteiger partial charge < -0.3 is 10.5 Å². The van der Waals surface area contributed by atoms with Gasteiger partial charge in [-0.3, -0.25) is 0 Å². The molecule has 2 aromatic heterocycles. The Morgan fingerprint density at radius 1 is 1.38 bits per heavy atom. The SMILES string of the molecule is CCCOc1ncnc(-n2cncn2)c1N. The topological polar surface area (TPSA) is 91.7 Å². The fourth-order valence-corrected chi connectivity index (χ4v) is 1.18. The second-order valence-corrected chi connectivity index (χ2v) is 3.10. The zero-order valence-electron chi connectivity index (χ0n) is 8.87. The third-order valence-corrected chi connectivity index (χ3v) is 1.90. The van der Waals surface area contributed by atoms with Crippen LogP contribution in [-0.2, 0) is 0 Å². The number of aromatic nitrogens is 5. The van der Waals surface area contributed by atoms with Gasteiger partial charge in [0.1, 0.15) is 24.7 Å². The standard InChI is InChI=1S/C9H12N6O/c1-2-3-16-9-7(10)8(12-5-13-9)15-6-11-4-14-15/h4-6H,2-3,10H2,1H3. The third-order valence-electron chi connectivity index (χ3n) is 1.90. The van der Waals surface area contributed by atoms with Crippen LogP contribution in [0.5, 0.6) is 5.88 Å². The maximum absolute atomic E-state index is 5.88. The lowest BCUT2D eigenvalue weighted by molar-refractivity contribution is 0.306. The molecule has 2 rings (SSSR count). The Balaban J connectivity index is 2.33. The first-order valence-electron chi connectivity index (χ1n) is 4.91. The van der Waals surface area contributed by atoms with E-state index in [2.05, 4.69) is 20.1 Å². The summed E-state index contributed by atoms with van der Waals surface area (Å²) < 4.78 is 6.86. The van der Waals surface area contributed by atoms with Gasteiger partial charge in [0.25, 0.3) is 0 Å². The Kier molecular flexibility index (Phi) is 2.95. The van der Waals surface area contributed by atoms with Gasteiger partial charge in [0, 0.05) is 0 Å². The van der Waals surface area contributed by atoms with Gasteiger partial charge in [0.2, 0.25) is 5.88 Å². The Morgan fingerprint density at radius 3 is 2.94 bits per heavy atom. The number of ether oxygens (including phenoxy) is 1. The zero-order valence-corrected chi connectivity index (χ0v) is 8.87. The van der Waals surface area contributed by atoms with Crippen molar-refractivity contribution < 1.29 is 4.74 Å². The Morgan fingerprint density at radius 2 is 2.25 bits per heavy atom. The molecule has 2 N–H and O–H groups in total. The molecule has 0 bridgehead atoms. The first-order valence-corrected chi connectivity index (χ1v) is 4.91. The van der Waals surface area contributed by atoms with Crippen LogP contribution in [0.25, 0.3) is 5.82 Å². The highest BCUT2D eigenvalue weighted by Gasteiger charge is 2.10. The minimum atomic E-state index is 0.362. The summed E-state index contributed by atoms with van der Waals surface area (Å²) >= 11 is 0. The maximum Gasteiger partial charge on any atom is 0.242 e. The van der Waals surface area contributed by atoms with E-state index < -0.39 is 0 Å². The van der Waals surface area contributed by atoms with E-state index in [4.69, 9.17) is 10.5 Å². The Hall–Kier alpha value is -2.18. The molecule has 0 atom stereocenters. The molecule has 0 unspecified atom stereocenters. The monoisotopic (exact) mass is 220 g/mol. The van der Waals surface area contributed by atoms with E-state index in [9.17, 15) is 0 Å². The fraction of sp³-hybridized carbons (Fsp3) is 0.333. The van der Waals surface area contributed by atoms with E-state index >= 15 is 0 Å². The molecule has 7 heteroatoms. The highest BCUT2D eigenvalue weighted by Crippen LogP contribution is 2.22. The smallest absolute Gasteiger partial charge is 0.242 e. The van der Waals surface area contributed by atoms with Crippen molar-refractivity contribution in [2.24, 2.45) is 0 Å². The van der Waals surface area contributed by atoms with Crippen LogP contribution in [0.2, 0.25) is 0 Å². The molecule has 0 aliphatic rings. The van der Waals surface area contributed by atoms with Crippen molar-refractivity contribution in [3.05, 3.63) is 19.0 Å². The van der Waals surface area contributed by atoms with E-state index in [1.165, 1.54) is 23.7 Å². The molecule has 16 heavy (non-hydrogen) atoms. The molecule has 0 aromatic carbocycles. The normalized spacial score (nSPS) is 10.3. The van der Waals surface area contributed by atoms with Crippen molar-refractivity contribution in [1.29, 1.82) is 0 Å². The second-order valence-electron chi connectivity index (χ2n) is 3.10. The molecule has 0 aliphatic carbocycles. The molecular weight excluding hydrogens is 208 g/mol. The maximum atomic E-state index is 5.88. The number of nitrogen functional groups attached to an aromatic ring is 1. The number of nitrogens with zero attached hydrogens (tertiary/aromatic N) is 5. The van der Waals surface area contributed by atoms with Crippen molar-refractivity contribution in [1.82, 2.24) is 24.7 Å². The molecule has 0 amide bonds. The van der Waals surface area contributed by atoms with Crippen LogP contribution in [0.4, 0.5) is 5.69 Å². The molecule has 0 radical (unpaired) electrons. The zero-order chi connectivity index (χ0) is 11.4. The lowest BCUT2D eigenvalue weighted by Gasteiger charge is -2.08. The summed E-state index contributed by atoms with van der Waals surface area (Å²) in [6.07, 6.45) is 5.21. The molecule has 7 nitrogen and oxygen atoms in total. The predicted molar refractivity (Wildman–Crippen MR) is 57.1 cm³/mol. The van der Waals surface area contributed by atoms with Crippen molar-refractivity contribution in [2.45, 2.75) is 13.3 Å². The van der Waals surface area contributed by atoms with Gasteiger partial charge in [-0.2, -0.15) is 10.1 Å². The average molecular weight is 220 g/mol.